The molecule has 2 atom stereocenters. The first-order chi connectivity index (χ1) is 17.9. The Balaban J connectivity index is 1.37. The Bertz CT molecular complexity index is 1460. The van der Waals surface area contributed by atoms with Gasteiger partial charge in [-0.3, -0.25) is 19.4 Å². The number of carbonyl (C=O) groups excluding carboxylic acids is 3. The van der Waals surface area contributed by atoms with E-state index in [9.17, 15) is 18.8 Å². The molecule has 0 bridgehead atoms. The first kappa shape index (κ1) is 24.2. The van der Waals surface area contributed by atoms with Gasteiger partial charge < -0.3 is 14.8 Å². The Morgan fingerprint density at radius 3 is 2.59 bits per heavy atom. The van der Waals surface area contributed by atoms with E-state index < -0.39 is 24.0 Å². The minimum atomic E-state index is -1.29. The van der Waals surface area contributed by atoms with E-state index in [1.54, 1.807) is 47.7 Å². The van der Waals surface area contributed by atoms with Gasteiger partial charge in [0, 0.05) is 53.6 Å². The van der Waals surface area contributed by atoms with E-state index in [1.807, 2.05) is 24.3 Å². The quantitative estimate of drug-likeness (QED) is 0.391. The minimum Gasteiger partial charge on any atom is -0.350 e. The van der Waals surface area contributed by atoms with Gasteiger partial charge in [0.25, 0.3) is 0 Å². The van der Waals surface area contributed by atoms with E-state index in [2.05, 4.69) is 20.5 Å². The number of alkyl halides is 1. The van der Waals surface area contributed by atoms with Gasteiger partial charge in [-0.15, -0.1) is 0 Å². The van der Waals surface area contributed by atoms with Crippen molar-refractivity contribution in [3.63, 3.8) is 0 Å². The molecule has 0 spiro atoms. The molecule has 5 rings (SSSR count). The van der Waals surface area contributed by atoms with E-state index in [0.29, 0.717) is 16.5 Å². The lowest BCUT2D eigenvalue weighted by atomic mass is 10.0. The fourth-order valence-electron chi connectivity index (χ4n) is 4.70. The van der Waals surface area contributed by atoms with Crippen molar-refractivity contribution in [1.29, 1.82) is 0 Å². The van der Waals surface area contributed by atoms with Crippen LogP contribution in [0.15, 0.2) is 67.4 Å². The maximum absolute atomic E-state index is 14.4. The van der Waals surface area contributed by atoms with Crippen LogP contribution in [0, 0.1) is 0 Å². The molecule has 1 fully saturated rings. The fraction of sp³-hybridized carbons (Fsp3) is 0.259. The van der Waals surface area contributed by atoms with Gasteiger partial charge >= 0.3 is 0 Å². The second-order valence-electron chi connectivity index (χ2n) is 9.06. The molecule has 4 aromatic rings. The van der Waals surface area contributed by atoms with Crippen molar-refractivity contribution in [2.45, 2.75) is 38.6 Å². The maximum atomic E-state index is 14.4. The average Bonchev–Trinajstić information content (AvgIpc) is 3.49. The number of amides is 2. The topological polar surface area (TPSA) is 110 Å². The number of pyridine rings is 1. The van der Waals surface area contributed by atoms with Gasteiger partial charge in [-0.1, -0.05) is 6.07 Å². The Morgan fingerprint density at radius 1 is 1.05 bits per heavy atom. The van der Waals surface area contributed by atoms with Crippen LogP contribution in [-0.4, -0.2) is 61.0 Å². The summed E-state index contributed by atoms with van der Waals surface area (Å²) in [5, 5.41) is 11.2. The minimum absolute atomic E-state index is 0.0532. The summed E-state index contributed by atoms with van der Waals surface area (Å²) < 4.78 is 16.1. The third kappa shape index (κ3) is 5.09. The number of likely N-dealkylation sites (tertiary alicyclic amines) is 1. The van der Waals surface area contributed by atoms with Crippen molar-refractivity contribution in [3.05, 3.63) is 78.5 Å². The van der Waals surface area contributed by atoms with Crippen LogP contribution >= 0.6 is 0 Å². The van der Waals surface area contributed by atoms with E-state index in [0.717, 1.165) is 16.7 Å². The summed E-state index contributed by atoms with van der Waals surface area (Å²) in [6.07, 6.45) is 6.77. The first-order valence-corrected chi connectivity index (χ1v) is 11.9. The summed E-state index contributed by atoms with van der Waals surface area (Å²) in [6.45, 7) is 1.46. The number of hydrogen-bond acceptors (Lipinski definition) is 6. The van der Waals surface area contributed by atoms with E-state index >= 15 is 0 Å². The van der Waals surface area contributed by atoms with Gasteiger partial charge in [-0.2, -0.15) is 10.2 Å². The number of ketones is 1. The van der Waals surface area contributed by atoms with Crippen LogP contribution < -0.4 is 5.32 Å². The molecule has 1 aliphatic rings. The van der Waals surface area contributed by atoms with Crippen molar-refractivity contribution >= 4 is 28.5 Å². The number of nitrogens with zero attached hydrogens (tertiary/aromatic N) is 5. The summed E-state index contributed by atoms with van der Waals surface area (Å²) in [6, 6.07) is 10.1. The molecule has 10 heteroatoms. The molecule has 188 valence electrons. The number of halogens is 1. The fourth-order valence-corrected chi connectivity index (χ4v) is 4.70. The molecule has 1 aromatic carbocycles. The highest BCUT2D eigenvalue weighted by atomic mass is 19.1. The van der Waals surface area contributed by atoms with Gasteiger partial charge in [-0.25, -0.2) is 4.39 Å². The second kappa shape index (κ2) is 10.3. The van der Waals surface area contributed by atoms with Crippen molar-refractivity contribution in [3.8, 4) is 11.1 Å². The van der Waals surface area contributed by atoms with E-state index in [-0.39, 0.29) is 31.8 Å². The Labute approximate surface area is 212 Å². The predicted molar refractivity (Wildman–Crippen MR) is 134 cm³/mol. The van der Waals surface area contributed by atoms with Crippen molar-refractivity contribution in [1.82, 2.24) is 30.0 Å². The van der Waals surface area contributed by atoms with Crippen molar-refractivity contribution < 1.29 is 18.8 Å². The van der Waals surface area contributed by atoms with Crippen molar-refractivity contribution in [2.24, 2.45) is 0 Å². The molecule has 0 aliphatic carbocycles. The van der Waals surface area contributed by atoms with Gasteiger partial charge in [0.2, 0.25) is 11.8 Å². The van der Waals surface area contributed by atoms with Crippen LogP contribution in [-0.2, 0) is 22.7 Å². The summed E-state index contributed by atoms with van der Waals surface area (Å²) in [4.78, 5) is 43.8. The molecule has 3 aromatic heterocycles. The number of hydrogen-bond donors (Lipinski definition) is 1. The lowest BCUT2D eigenvalue weighted by molar-refractivity contribution is -0.139. The monoisotopic (exact) mass is 500 g/mol. The number of nitrogens with one attached hydrogen (secondary N) is 1. The standard InChI is InChI=1S/C27H25FN6O3/c1-17(35)23-15-33(24-3-2-19(10-22(23)24)20-6-9-31-32-13-20)16-26(36)34-14-21(28)11-25(34)27(37)30-12-18-4-7-29-8-5-18/h2-10,13,15,21,25H,11-12,14,16H2,1H3,(H,30,37)/t21-,25+/m1/s1. The lowest BCUT2D eigenvalue weighted by Crippen LogP contribution is -2.46. The highest BCUT2D eigenvalue weighted by Crippen LogP contribution is 2.29. The van der Waals surface area contributed by atoms with Crippen LogP contribution in [0.5, 0.6) is 0 Å². The molecule has 0 radical (unpaired) electrons. The molecule has 2 amide bonds. The third-order valence-corrected chi connectivity index (χ3v) is 6.57. The number of rotatable bonds is 7. The zero-order valence-electron chi connectivity index (χ0n) is 20.2. The number of aromatic nitrogens is 4. The molecule has 0 saturated carbocycles. The predicted octanol–water partition coefficient (Wildman–Crippen LogP) is 2.95. The van der Waals surface area contributed by atoms with Crippen LogP contribution in [0.25, 0.3) is 22.0 Å². The summed E-state index contributed by atoms with van der Waals surface area (Å²) in [5.41, 5.74) is 3.73. The van der Waals surface area contributed by atoms with Gasteiger partial charge in [0.1, 0.15) is 18.8 Å². The molecule has 37 heavy (non-hydrogen) atoms. The zero-order valence-corrected chi connectivity index (χ0v) is 20.2. The van der Waals surface area contributed by atoms with Crippen LogP contribution in [0.1, 0.15) is 29.3 Å². The Hall–Kier alpha value is -4.47. The molecule has 1 N–H and O–H groups in total. The molecule has 9 nitrogen and oxygen atoms in total. The Kier molecular flexibility index (Phi) is 6.72. The van der Waals surface area contributed by atoms with E-state index in [1.165, 1.54) is 11.8 Å². The number of Topliss-reactive ketones (excluding diaryl/α,β-unsaturated/α-hetero) is 1. The molecular weight excluding hydrogens is 475 g/mol. The highest BCUT2D eigenvalue weighted by Gasteiger charge is 2.39. The van der Waals surface area contributed by atoms with Gasteiger partial charge in [0.15, 0.2) is 5.78 Å². The lowest BCUT2D eigenvalue weighted by Gasteiger charge is -2.24. The smallest absolute Gasteiger partial charge is 0.243 e. The summed E-state index contributed by atoms with van der Waals surface area (Å²) in [7, 11) is 0. The number of fused-ring (bicyclic) bond motifs is 1. The summed E-state index contributed by atoms with van der Waals surface area (Å²) in [5.74, 6) is -0.930. The second-order valence-corrected chi connectivity index (χ2v) is 9.06. The molecule has 0 unspecified atom stereocenters. The molecule has 1 aliphatic heterocycles. The molecular formula is C27H25FN6O3. The first-order valence-electron chi connectivity index (χ1n) is 11.9. The van der Waals surface area contributed by atoms with Gasteiger partial charge in [0.05, 0.1) is 18.9 Å². The maximum Gasteiger partial charge on any atom is 0.243 e. The normalized spacial score (nSPS) is 17.2. The van der Waals surface area contributed by atoms with Crippen LogP contribution in [0.3, 0.4) is 0 Å². The van der Waals surface area contributed by atoms with Crippen LogP contribution in [0.4, 0.5) is 4.39 Å². The van der Waals surface area contributed by atoms with Crippen molar-refractivity contribution in [2.75, 3.05) is 6.54 Å². The van der Waals surface area contributed by atoms with Crippen LogP contribution in [0.2, 0.25) is 0 Å². The zero-order chi connectivity index (χ0) is 25.9. The highest BCUT2D eigenvalue weighted by molar-refractivity contribution is 6.08. The average molecular weight is 501 g/mol. The van der Waals surface area contributed by atoms with Gasteiger partial charge in [-0.05, 0) is 48.4 Å². The SMILES string of the molecule is CC(=O)c1cn(CC(=O)N2C[C@H](F)C[C@H]2C(=O)NCc2ccncc2)c2ccc(-c3ccnnc3)cc12. The van der Waals surface area contributed by atoms with E-state index in [4.69, 9.17) is 0 Å². The number of benzene rings is 1. The Morgan fingerprint density at radius 2 is 1.86 bits per heavy atom. The number of carbonyl (C=O) groups is 3. The third-order valence-electron chi connectivity index (χ3n) is 6.57. The molecule has 1 saturated heterocycles. The molecule has 4 heterocycles. The summed E-state index contributed by atoms with van der Waals surface area (Å²) >= 11 is 0. The largest absolute Gasteiger partial charge is 0.350 e.